The van der Waals surface area contributed by atoms with Gasteiger partial charge in [0.15, 0.2) is 5.13 Å². The Hall–Kier alpha value is -2.89. The Morgan fingerprint density at radius 1 is 1.30 bits per heavy atom. The zero-order chi connectivity index (χ0) is 25.1. The van der Waals surface area contributed by atoms with Gasteiger partial charge in [0, 0.05) is 12.6 Å². The zero-order valence-corrected chi connectivity index (χ0v) is 19.8. The summed E-state index contributed by atoms with van der Waals surface area (Å²) in [4.78, 5) is 42.5. The van der Waals surface area contributed by atoms with Gasteiger partial charge in [0.1, 0.15) is 17.2 Å². The third-order valence-electron chi connectivity index (χ3n) is 5.34. The van der Waals surface area contributed by atoms with Crippen molar-refractivity contribution in [1.29, 1.82) is 0 Å². The number of primary amides is 1. The SMILES string of the molecule is C/C=C(\OC(=O)/C=C(\C)c1sc(NC(=O)N2CCC[C@H]2C(N)=O)nc1C)C(C)(C)C(F)(F)F. The normalized spacial score (nSPS) is 17.8. The van der Waals surface area contributed by atoms with Crippen LogP contribution in [-0.4, -0.2) is 46.6 Å². The summed E-state index contributed by atoms with van der Waals surface area (Å²) in [5, 5.41) is 2.87. The molecule has 1 aromatic heterocycles. The number of anilines is 1. The lowest BCUT2D eigenvalue weighted by molar-refractivity contribution is -0.209. The van der Waals surface area contributed by atoms with E-state index >= 15 is 0 Å². The van der Waals surface area contributed by atoms with Crippen molar-refractivity contribution in [2.24, 2.45) is 11.1 Å². The maximum atomic E-state index is 13.3. The van der Waals surface area contributed by atoms with Gasteiger partial charge in [0.05, 0.1) is 10.6 Å². The molecule has 0 radical (unpaired) electrons. The number of carbonyl (C=O) groups is 3. The number of allylic oxidation sites excluding steroid dienone is 3. The fraction of sp³-hybridized carbons (Fsp3) is 0.524. The molecule has 3 N–H and O–H groups in total. The van der Waals surface area contributed by atoms with Crippen LogP contribution in [0.15, 0.2) is 17.9 Å². The fourth-order valence-corrected chi connectivity index (χ4v) is 4.28. The Bertz CT molecular complexity index is 998. The van der Waals surface area contributed by atoms with E-state index in [1.165, 1.54) is 11.8 Å². The van der Waals surface area contributed by atoms with Crippen molar-refractivity contribution in [3.05, 3.63) is 28.5 Å². The molecule has 0 unspecified atom stereocenters. The predicted molar refractivity (Wildman–Crippen MR) is 118 cm³/mol. The summed E-state index contributed by atoms with van der Waals surface area (Å²) in [5.74, 6) is -2.05. The molecule has 0 saturated carbocycles. The molecule has 33 heavy (non-hydrogen) atoms. The van der Waals surface area contributed by atoms with Crippen molar-refractivity contribution in [3.63, 3.8) is 0 Å². The Morgan fingerprint density at radius 3 is 2.48 bits per heavy atom. The molecule has 1 aliphatic heterocycles. The summed E-state index contributed by atoms with van der Waals surface area (Å²) < 4.78 is 44.8. The first-order chi connectivity index (χ1) is 15.2. The van der Waals surface area contributed by atoms with Crippen molar-refractivity contribution < 1.29 is 32.3 Å². The molecule has 1 fully saturated rings. The second-order valence-electron chi connectivity index (χ2n) is 8.14. The number of alkyl halides is 3. The van der Waals surface area contributed by atoms with Gasteiger partial charge in [-0.1, -0.05) is 11.3 Å². The van der Waals surface area contributed by atoms with E-state index in [-0.39, 0.29) is 5.13 Å². The number of urea groups is 1. The van der Waals surface area contributed by atoms with Gasteiger partial charge in [-0.3, -0.25) is 10.1 Å². The van der Waals surface area contributed by atoms with Gasteiger partial charge in [0.2, 0.25) is 5.91 Å². The molecule has 0 spiro atoms. The summed E-state index contributed by atoms with van der Waals surface area (Å²) in [5.41, 5.74) is 3.91. The highest BCUT2D eigenvalue weighted by molar-refractivity contribution is 7.17. The number of esters is 1. The van der Waals surface area contributed by atoms with E-state index in [0.29, 0.717) is 35.5 Å². The first kappa shape index (κ1) is 26.4. The smallest absolute Gasteiger partial charge is 0.400 e. The zero-order valence-electron chi connectivity index (χ0n) is 19.0. The number of thiazole rings is 1. The van der Waals surface area contributed by atoms with Gasteiger partial charge in [-0.2, -0.15) is 13.2 Å². The number of amides is 3. The van der Waals surface area contributed by atoms with E-state index in [9.17, 15) is 27.6 Å². The quantitative estimate of drug-likeness (QED) is 0.351. The Morgan fingerprint density at radius 2 is 1.94 bits per heavy atom. The summed E-state index contributed by atoms with van der Waals surface area (Å²) in [7, 11) is 0. The number of nitrogens with two attached hydrogens (primary N) is 1. The first-order valence-electron chi connectivity index (χ1n) is 10.2. The highest BCUT2D eigenvalue weighted by Gasteiger charge is 2.51. The van der Waals surface area contributed by atoms with Crippen LogP contribution in [0, 0.1) is 12.3 Å². The number of nitrogens with one attached hydrogen (secondary N) is 1. The van der Waals surface area contributed by atoms with E-state index in [4.69, 9.17) is 10.5 Å². The lowest BCUT2D eigenvalue weighted by Gasteiger charge is -2.29. The minimum absolute atomic E-state index is 0.246. The minimum Gasteiger partial charge on any atom is -0.427 e. The van der Waals surface area contributed by atoms with Crippen LogP contribution in [0.2, 0.25) is 0 Å². The van der Waals surface area contributed by atoms with Crippen molar-refractivity contribution in [2.75, 3.05) is 11.9 Å². The topological polar surface area (TPSA) is 115 Å². The maximum absolute atomic E-state index is 13.3. The third-order valence-corrected chi connectivity index (χ3v) is 6.55. The fourth-order valence-electron chi connectivity index (χ4n) is 3.35. The molecule has 2 rings (SSSR count). The Balaban J connectivity index is 2.14. The number of rotatable bonds is 6. The Labute approximate surface area is 193 Å². The lowest BCUT2D eigenvalue weighted by Crippen LogP contribution is -2.45. The molecule has 0 bridgehead atoms. The number of ether oxygens (including phenoxy) is 1. The summed E-state index contributed by atoms with van der Waals surface area (Å²) in [6, 6.07) is -1.19. The molecule has 1 atom stereocenters. The number of carbonyl (C=O) groups excluding carboxylic acids is 3. The molecule has 8 nitrogen and oxygen atoms in total. The van der Waals surface area contributed by atoms with E-state index < -0.39 is 41.3 Å². The van der Waals surface area contributed by atoms with Gasteiger partial charge in [-0.15, -0.1) is 0 Å². The van der Waals surface area contributed by atoms with Gasteiger partial charge in [-0.05, 0) is 59.1 Å². The standard InChI is InChI=1S/C21H27F3N4O4S/c1-6-14(20(4,5)21(22,23)24)32-15(29)10-11(2)16-12(3)26-18(33-16)27-19(31)28-9-7-8-13(28)17(25)30/h6,10,13H,7-9H2,1-5H3,(H2,25,30)(H,26,27,31)/b11-10+,14-6-/t13-/m0/s1. The molecule has 12 heteroatoms. The van der Waals surface area contributed by atoms with Crippen LogP contribution in [0.5, 0.6) is 0 Å². The average Bonchev–Trinajstić information content (AvgIpc) is 3.31. The van der Waals surface area contributed by atoms with Crippen LogP contribution >= 0.6 is 11.3 Å². The second-order valence-corrected chi connectivity index (χ2v) is 9.14. The van der Waals surface area contributed by atoms with Crippen LogP contribution < -0.4 is 11.1 Å². The molecule has 2 heterocycles. The van der Waals surface area contributed by atoms with Gasteiger partial charge in [0.25, 0.3) is 0 Å². The minimum atomic E-state index is -4.60. The molecule has 182 valence electrons. The van der Waals surface area contributed by atoms with Crippen molar-refractivity contribution in [2.45, 2.75) is 59.7 Å². The molecule has 0 aromatic carbocycles. The number of halogens is 3. The summed E-state index contributed by atoms with van der Waals surface area (Å²) in [6.07, 6.45) is -1.26. The van der Waals surface area contributed by atoms with Gasteiger partial charge >= 0.3 is 18.2 Å². The molecule has 0 aliphatic carbocycles. The van der Waals surface area contributed by atoms with Crippen LogP contribution in [0.3, 0.4) is 0 Å². The number of likely N-dealkylation sites (tertiary alicyclic amines) is 1. The maximum Gasteiger partial charge on any atom is 0.400 e. The highest BCUT2D eigenvalue weighted by atomic mass is 32.1. The molecule has 3 amide bonds. The number of hydrogen-bond acceptors (Lipinski definition) is 6. The predicted octanol–water partition coefficient (Wildman–Crippen LogP) is 4.37. The molecular weight excluding hydrogens is 461 g/mol. The van der Waals surface area contributed by atoms with E-state index in [2.05, 4.69) is 10.3 Å². The molecule has 1 saturated heterocycles. The van der Waals surface area contributed by atoms with E-state index in [1.54, 1.807) is 13.8 Å². The highest BCUT2D eigenvalue weighted by Crippen LogP contribution is 2.44. The third kappa shape index (κ3) is 5.92. The van der Waals surface area contributed by atoms with E-state index in [1.807, 2.05) is 0 Å². The summed E-state index contributed by atoms with van der Waals surface area (Å²) in [6.45, 7) is 6.86. The van der Waals surface area contributed by atoms with Crippen LogP contribution in [-0.2, 0) is 14.3 Å². The van der Waals surface area contributed by atoms with Gasteiger partial charge in [-0.25, -0.2) is 14.6 Å². The van der Waals surface area contributed by atoms with Crippen molar-refractivity contribution >= 4 is 39.9 Å². The lowest BCUT2D eigenvalue weighted by atomic mass is 9.89. The van der Waals surface area contributed by atoms with Crippen molar-refractivity contribution in [3.8, 4) is 0 Å². The number of aromatic nitrogens is 1. The molecular formula is C21H27F3N4O4S. The number of nitrogens with zero attached hydrogens (tertiary/aromatic N) is 2. The summed E-state index contributed by atoms with van der Waals surface area (Å²) >= 11 is 1.08. The van der Waals surface area contributed by atoms with Gasteiger partial charge < -0.3 is 15.4 Å². The largest absolute Gasteiger partial charge is 0.427 e. The van der Waals surface area contributed by atoms with Crippen LogP contribution in [0.25, 0.3) is 5.57 Å². The Kier molecular flexibility index (Phi) is 7.94. The average molecular weight is 489 g/mol. The monoisotopic (exact) mass is 488 g/mol. The second kappa shape index (κ2) is 9.94. The van der Waals surface area contributed by atoms with Crippen LogP contribution in [0.4, 0.5) is 23.1 Å². The number of hydrogen-bond donors (Lipinski definition) is 2. The van der Waals surface area contributed by atoms with E-state index in [0.717, 1.165) is 37.3 Å². The molecule has 1 aromatic rings. The van der Waals surface area contributed by atoms with Crippen LogP contribution in [0.1, 0.15) is 51.1 Å². The number of aryl methyl sites for hydroxylation is 1. The molecule has 1 aliphatic rings. The van der Waals surface area contributed by atoms with Crippen molar-refractivity contribution in [1.82, 2.24) is 9.88 Å². The first-order valence-corrected chi connectivity index (χ1v) is 11.0.